The fourth-order valence-corrected chi connectivity index (χ4v) is 0.871. The van der Waals surface area contributed by atoms with E-state index in [1.807, 2.05) is 0 Å². The first kappa shape index (κ1) is 13.3. The van der Waals surface area contributed by atoms with E-state index in [2.05, 4.69) is 5.32 Å². The van der Waals surface area contributed by atoms with E-state index in [1.54, 1.807) is 0 Å². The van der Waals surface area contributed by atoms with Crippen LogP contribution >= 0.6 is 0 Å². The highest BCUT2D eigenvalue weighted by atomic mass is 16.7. The Kier molecular flexibility index (Phi) is 7.31. The molecular formula is C8H18N2O4. The van der Waals surface area contributed by atoms with Gasteiger partial charge in [-0.2, -0.15) is 0 Å². The van der Waals surface area contributed by atoms with E-state index in [0.29, 0.717) is 0 Å². The largest absolute Gasteiger partial charge is 0.370 e. The number of carbonyl (C=O) groups is 1. The molecule has 0 heterocycles. The van der Waals surface area contributed by atoms with Gasteiger partial charge in [0.25, 0.3) is 5.91 Å². The van der Waals surface area contributed by atoms with Crippen LogP contribution < -0.4 is 11.1 Å². The van der Waals surface area contributed by atoms with Crippen LogP contribution in [-0.2, 0) is 19.0 Å². The Morgan fingerprint density at radius 2 is 1.86 bits per heavy atom. The van der Waals surface area contributed by atoms with Crippen molar-refractivity contribution in [1.29, 1.82) is 0 Å². The second-order valence-electron chi connectivity index (χ2n) is 2.61. The first-order chi connectivity index (χ1) is 6.69. The molecule has 0 aromatic carbocycles. The molecule has 0 aromatic rings. The predicted octanol–water partition coefficient (Wildman–Crippen LogP) is -1.30. The van der Waals surface area contributed by atoms with E-state index in [4.69, 9.17) is 19.9 Å². The highest BCUT2D eigenvalue weighted by Gasteiger charge is 2.16. The molecule has 0 bridgehead atoms. The molecule has 0 radical (unpaired) electrons. The number of hydrogen-bond acceptors (Lipinski definition) is 5. The summed E-state index contributed by atoms with van der Waals surface area (Å²) >= 11 is 0. The van der Waals surface area contributed by atoms with Crippen LogP contribution in [0.1, 0.15) is 0 Å². The zero-order valence-electron chi connectivity index (χ0n) is 8.78. The topological polar surface area (TPSA) is 82.8 Å². The van der Waals surface area contributed by atoms with E-state index >= 15 is 0 Å². The van der Waals surface area contributed by atoms with Gasteiger partial charge in [-0.3, -0.25) is 4.79 Å². The van der Waals surface area contributed by atoms with Gasteiger partial charge >= 0.3 is 0 Å². The van der Waals surface area contributed by atoms with E-state index in [1.165, 1.54) is 21.3 Å². The van der Waals surface area contributed by atoms with Crippen LogP contribution in [0.5, 0.6) is 0 Å². The molecule has 14 heavy (non-hydrogen) atoms. The van der Waals surface area contributed by atoms with Gasteiger partial charge in [-0.1, -0.05) is 0 Å². The van der Waals surface area contributed by atoms with Gasteiger partial charge in [0.1, 0.15) is 6.10 Å². The van der Waals surface area contributed by atoms with Crippen LogP contribution in [0.3, 0.4) is 0 Å². The van der Waals surface area contributed by atoms with Crippen molar-refractivity contribution >= 4 is 5.91 Å². The summed E-state index contributed by atoms with van der Waals surface area (Å²) in [6, 6.07) is 0. The molecule has 0 aliphatic carbocycles. The molecule has 6 nitrogen and oxygen atoms in total. The average molecular weight is 206 g/mol. The van der Waals surface area contributed by atoms with Gasteiger partial charge in [0.2, 0.25) is 0 Å². The van der Waals surface area contributed by atoms with Crippen LogP contribution in [0, 0.1) is 0 Å². The molecule has 84 valence electrons. The maximum atomic E-state index is 11.3. The first-order valence-corrected chi connectivity index (χ1v) is 4.25. The Morgan fingerprint density at radius 3 is 2.21 bits per heavy atom. The predicted molar refractivity (Wildman–Crippen MR) is 50.7 cm³/mol. The number of methoxy groups -OCH3 is 3. The second kappa shape index (κ2) is 7.69. The SMILES string of the molecule is COC(CNC(=O)C(CN)OC)OC. The van der Waals surface area contributed by atoms with Crippen molar-refractivity contribution in [1.82, 2.24) is 5.32 Å². The van der Waals surface area contributed by atoms with Gasteiger partial charge in [0, 0.05) is 27.9 Å². The number of amides is 1. The summed E-state index contributed by atoms with van der Waals surface area (Å²) in [6.07, 6.45) is -1.07. The summed E-state index contributed by atoms with van der Waals surface area (Å²) in [5.74, 6) is -0.269. The lowest BCUT2D eigenvalue weighted by molar-refractivity contribution is -0.135. The number of carbonyl (C=O) groups excluding carboxylic acids is 1. The van der Waals surface area contributed by atoms with Crippen LogP contribution in [0.4, 0.5) is 0 Å². The number of nitrogens with one attached hydrogen (secondary N) is 1. The van der Waals surface area contributed by atoms with Gasteiger partial charge in [-0.25, -0.2) is 0 Å². The number of hydrogen-bond donors (Lipinski definition) is 2. The number of nitrogens with two attached hydrogens (primary N) is 1. The molecule has 0 aromatic heterocycles. The molecule has 1 atom stereocenters. The third-order valence-electron chi connectivity index (χ3n) is 1.76. The van der Waals surface area contributed by atoms with E-state index in [0.717, 1.165) is 0 Å². The van der Waals surface area contributed by atoms with Crippen molar-refractivity contribution < 1.29 is 19.0 Å². The van der Waals surface area contributed by atoms with E-state index < -0.39 is 12.4 Å². The molecule has 1 amide bonds. The molecule has 1 unspecified atom stereocenters. The molecule has 0 fully saturated rings. The monoisotopic (exact) mass is 206 g/mol. The Morgan fingerprint density at radius 1 is 1.29 bits per heavy atom. The fourth-order valence-electron chi connectivity index (χ4n) is 0.871. The lowest BCUT2D eigenvalue weighted by atomic mass is 10.3. The Bertz CT molecular complexity index is 157. The highest BCUT2D eigenvalue weighted by Crippen LogP contribution is 1.90. The summed E-state index contributed by atoms with van der Waals surface area (Å²) < 4.78 is 14.6. The number of rotatable bonds is 7. The minimum absolute atomic E-state index is 0.146. The van der Waals surface area contributed by atoms with Crippen molar-refractivity contribution in [3.05, 3.63) is 0 Å². The van der Waals surface area contributed by atoms with Crippen molar-refractivity contribution in [2.75, 3.05) is 34.4 Å². The van der Waals surface area contributed by atoms with Crippen molar-refractivity contribution in [2.24, 2.45) is 5.73 Å². The second-order valence-corrected chi connectivity index (χ2v) is 2.61. The molecule has 3 N–H and O–H groups in total. The van der Waals surface area contributed by atoms with E-state index in [-0.39, 0.29) is 19.0 Å². The summed E-state index contributed by atoms with van der Waals surface area (Å²) in [4.78, 5) is 11.3. The molecular weight excluding hydrogens is 188 g/mol. The molecule has 0 spiro atoms. The Hall–Kier alpha value is -0.690. The summed E-state index contributed by atoms with van der Waals surface area (Å²) in [5.41, 5.74) is 5.31. The zero-order chi connectivity index (χ0) is 11.0. The fraction of sp³-hybridized carbons (Fsp3) is 0.875. The van der Waals surface area contributed by atoms with Gasteiger partial charge in [0.15, 0.2) is 6.29 Å². The van der Waals surface area contributed by atoms with Gasteiger partial charge in [0.05, 0.1) is 6.54 Å². The quantitative estimate of drug-likeness (QED) is 0.506. The zero-order valence-corrected chi connectivity index (χ0v) is 8.78. The summed E-state index contributed by atoms with van der Waals surface area (Å²) in [6.45, 7) is 0.415. The maximum Gasteiger partial charge on any atom is 0.250 e. The Labute approximate surface area is 83.7 Å². The normalized spacial score (nSPS) is 12.9. The maximum absolute atomic E-state index is 11.3. The molecule has 6 heteroatoms. The Balaban J connectivity index is 3.81. The van der Waals surface area contributed by atoms with Crippen molar-refractivity contribution in [3.8, 4) is 0 Å². The van der Waals surface area contributed by atoms with Crippen LogP contribution in [0.2, 0.25) is 0 Å². The summed E-state index contributed by atoms with van der Waals surface area (Å²) in [7, 11) is 4.43. The van der Waals surface area contributed by atoms with Crippen LogP contribution in [-0.4, -0.2) is 52.7 Å². The van der Waals surface area contributed by atoms with Crippen LogP contribution in [0.25, 0.3) is 0 Å². The third kappa shape index (κ3) is 4.52. The van der Waals surface area contributed by atoms with Gasteiger partial charge < -0.3 is 25.3 Å². The first-order valence-electron chi connectivity index (χ1n) is 4.25. The lowest BCUT2D eigenvalue weighted by Crippen LogP contribution is -2.44. The van der Waals surface area contributed by atoms with Crippen molar-refractivity contribution in [3.63, 3.8) is 0 Å². The van der Waals surface area contributed by atoms with E-state index in [9.17, 15) is 4.79 Å². The molecule has 0 saturated carbocycles. The average Bonchev–Trinajstić information content (AvgIpc) is 2.21. The third-order valence-corrected chi connectivity index (χ3v) is 1.76. The van der Waals surface area contributed by atoms with Crippen molar-refractivity contribution in [2.45, 2.75) is 12.4 Å². The van der Waals surface area contributed by atoms with Gasteiger partial charge in [-0.15, -0.1) is 0 Å². The highest BCUT2D eigenvalue weighted by molar-refractivity contribution is 5.80. The standard InChI is InChI=1S/C8H18N2O4/c1-12-6(4-9)8(11)10-5-7(13-2)14-3/h6-7H,4-5,9H2,1-3H3,(H,10,11). The smallest absolute Gasteiger partial charge is 0.250 e. The minimum Gasteiger partial charge on any atom is -0.370 e. The molecule has 0 aliphatic heterocycles. The summed E-state index contributed by atoms with van der Waals surface area (Å²) in [5, 5.41) is 2.59. The number of ether oxygens (including phenoxy) is 3. The minimum atomic E-state index is -0.621. The molecule has 0 aliphatic rings. The molecule has 0 saturated heterocycles. The lowest BCUT2D eigenvalue weighted by Gasteiger charge is -2.17. The van der Waals surface area contributed by atoms with Crippen LogP contribution in [0.15, 0.2) is 0 Å². The molecule has 0 rings (SSSR count). The van der Waals surface area contributed by atoms with Gasteiger partial charge in [-0.05, 0) is 0 Å².